The molecule has 1 saturated heterocycles. The first-order chi connectivity index (χ1) is 12.1. The smallest absolute Gasteiger partial charge is 0.134 e. The van der Waals surface area contributed by atoms with Crippen LogP contribution >= 0.6 is 0 Å². The maximum Gasteiger partial charge on any atom is 0.134 e. The number of ether oxygens (including phenoxy) is 1. The van der Waals surface area contributed by atoms with Gasteiger partial charge in [-0.15, -0.1) is 0 Å². The van der Waals surface area contributed by atoms with Gasteiger partial charge in [-0.1, -0.05) is 6.08 Å². The SMILES string of the molecule is COCC1=CCN(c2cc(N3C[C@H](O)C[C@@H]3CN(C)C)ncn2)CC1. The van der Waals surface area contributed by atoms with E-state index in [0.717, 1.165) is 44.1 Å². The zero-order valence-electron chi connectivity index (χ0n) is 15.4. The third-order valence-electron chi connectivity index (χ3n) is 4.86. The zero-order chi connectivity index (χ0) is 17.8. The zero-order valence-corrected chi connectivity index (χ0v) is 15.4. The highest BCUT2D eigenvalue weighted by atomic mass is 16.5. The molecule has 0 aromatic carbocycles. The summed E-state index contributed by atoms with van der Waals surface area (Å²) in [6.45, 7) is 4.03. The summed E-state index contributed by atoms with van der Waals surface area (Å²) in [4.78, 5) is 15.6. The highest BCUT2D eigenvalue weighted by Gasteiger charge is 2.32. The topological polar surface area (TPSA) is 65.0 Å². The average Bonchev–Trinajstić information content (AvgIpc) is 2.95. The van der Waals surface area contributed by atoms with E-state index < -0.39 is 0 Å². The lowest BCUT2D eigenvalue weighted by Crippen LogP contribution is -2.38. The third kappa shape index (κ3) is 4.48. The van der Waals surface area contributed by atoms with Crippen LogP contribution in [-0.2, 0) is 4.74 Å². The number of β-amino-alcohol motifs (C(OH)–C–C–N with tert-alkyl or cyclic N) is 1. The summed E-state index contributed by atoms with van der Waals surface area (Å²) in [6.07, 6.45) is 5.35. The number of hydrogen-bond acceptors (Lipinski definition) is 7. The minimum Gasteiger partial charge on any atom is -0.391 e. The van der Waals surface area contributed by atoms with Crippen molar-refractivity contribution in [1.82, 2.24) is 14.9 Å². The molecular formula is C18H29N5O2. The number of hydrogen-bond donors (Lipinski definition) is 1. The van der Waals surface area contributed by atoms with Crippen LogP contribution in [0, 0.1) is 0 Å². The molecule has 0 unspecified atom stereocenters. The number of aromatic nitrogens is 2. The van der Waals surface area contributed by atoms with Crippen molar-refractivity contribution in [3.05, 3.63) is 24.0 Å². The Morgan fingerprint density at radius 3 is 2.80 bits per heavy atom. The van der Waals surface area contributed by atoms with Crippen LogP contribution in [0.3, 0.4) is 0 Å². The highest BCUT2D eigenvalue weighted by Crippen LogP contribution is 2.27. The van der Waals surface area contributed by atoms with Gasteiger partial charge in [-0.05, 0) is 32.5 Å². The molecule has 0 spiro atoms. The minimum absolute atomic E-state index is 0.280. The van der Waals surface area contributed by atoms with Gasteiger partial charge in [-0.2, -0.15) is 0 Å². The van der Waals surface area contributed by atoms with Crippen LogP contribution in [-0.4, -0.2) is 86.1 Å². The van der Waals surface area contributed by atoms with Crippen molar-refractivity contribution in [3.8, 4) is 0 Å². The van der Waals surface area contributed by atoms with Crippen molar-refractivity contribution < 1.29 is 9.84 Å². The van der Waals surface area contributed by atoms with Crippen molar-refractivity contribution in [2.45, 2.75) is 25.0 Å². The van der Waals surface area contributed by atoms with E-state index in [4.69, 9.17) is 4.74 Å². The standard InChI is InChI=1S/C18H29N5O2/c1-21(2)10-15-8-16(24)11-23(15)18-9-17(19-13-20-18)22-6-4-14(5-7-22)12-25-3/h4,9,13,15-16,24H,5-8,10-12H2,1-3H3/t15-,16-/m1/s1. The quantitative estimate of drug-likeness (QED) is 0.762. The lowest BCUT2D eigenvalue weighted by atomic mass is 10.1. The first-order valence-electron chi connectivity index (χ1n) is 8.90. The first kappa shape index (κ1) is 18.1. The van der Waals surface area contributed by atoms with Gasteiger partial charge in [-0.25, -0.2) is 9.97 Å². The predicted molar refractivity (Wildman–Crippen MR) is 99.1 cm³/mol. The Labute approximate surface area is 149 Å². The normalized spacial score (nSPS) is 24.1. The summed E-state index contributed by atoms with van der Waals surface area (Å²) in [5.41, 5.74) is 1.35. The van der Waals surface area contributed by atoms with Crippen LogP contribution in [0.2, 0.25) is 0 Å². The lowest BCUT2D eigenvalue weighted by molar-refractivity contribution is 0.191. The molecule has 7 nitrogen and oxygen atoms in total. The summed E-state index contributed by atoms with van der Waals surface area (Å²) >= 11 is 0. The number of aliphatic hydroxyl groups is 1. The van der Waals surface area contributed by atoms with Crippen LogP contribution < -0.4 is 9.80 Å². The average molecular weight is 347 g/mol. The van der Waals surface area contributed by atoms with E-state index in [1.165, 1.54) is 5.57 Å². The van der Waals surface area contributed by atoms with Gasteiger partial charge < -0.3 is 24.5 Å². The summed E-state index contributed by atoms with van der Waals surface area (Å²) in [6, 6.07) is 2.33. The fourth-order valence-corrected chi connectivity index (χ4v) is 3.67. The summed E-state index contributed by atoms with van der Waals surface area (Å²) in [5.74, 6) is 1.85. The van der Waals surface area contributed by atoms with Gasteiger partial charge in [0, 0.05) is 45.4 Å². The molecule has 3 heterocycles. The first-order valence-corrected chi connectivity index (χ1v) is 8.90. The predicted octanol–water partition coefficient (Wildman–Crippen LogP) is 0.761. The third-order valence-corrected chi connectivity index (χ3v) is 4.86. The lowest BCUT2D eigenvalue weighted by Gasteiger charge is -2.30. The molecule has 0 radical (unpaired) electrons. The van der Waals surface area contributed by atoms with Crippen molar-refractivity contribution in [2.75, 3.05) is 63.8 Å². The van der Waals surface area contributed by atoms with Gasteiger partial charge >= 0.3 is 0 Å². The van der Waals surface area contributed by atoms with E-state index in [0.29, 0.717) is 13.2 Å². The second-order valence-electron chi connectivity index (χ2n) is 7.18. The minimum atomic E-state index is -0.294. The Hall–Kier alpha value is -1.70. The molecule has 7 heteroatoms. The number of nitrogens with zero attached hydrogens (tertiary/aromatic N) is 5. The molecule has 2 atom stereocenters. The van der Waals surface area contributed by atoms with E-state index in [1.54, 1.807) is 13.4 Å². The van der Waals surface area contributed by atoms with Gasteiger partial charge in [0.25, 0.3) is 0 Å². The molecule has 0 amide bonds. The number of aliphatic hydroxyl groups excluding tert-OH is 1. The molecule has 1 fully saturated rings. The van der Waals surface area contributed by atoms with Crippen molar-refractivity contribution >= 4 is 11.6 Å². The fraction of sp³-hybridized carbons (Fsp3) is 0.667. The van der Waals surface area contributed by atoms with Crippen LogP contribution in [0.4, 0.5) is 11.6 Å². The molecule has 3 rings (SSSR count). The van der Waals surface area contributed by atoms with Crippen LogP contribution in [0.15, 0.2) is 24.0 Å². The van der Waals surface area contributed by atoms with Gasteiger partial charge in [0.05, 0.1) is 12.7 Å². The fourth-order valence-electron chi connectivity index (χ4n) is 3.67. The number of rotatable bonds is 6. The van der Waals surface area contributed by atoms with E-state index in [9.17, 15) is 5.11 Å². The van der Waals surface area contributed by atoms with Gasteiger partial charge in [-0.3, -0.25) is 0 Å². The molecule has 1 aromatic heterocycles. The largest absolute Gasteiger partial charge is 0.391 e. The molecule has 0 saturated carbocycles. The monoisotopic (exact) mass is 347 g/mol. The van der Waals surface area contributed by atoms with E-state index in [1.807, 2.05) is 0 Å². The van der Waals surface area contributed by atoms with Crippen LogP contribution in [0.5, 0.6) is 0 Å². The molecule has 1 aromatic rings. The summed E-state index contributed by atoms with van der Waals surface area (Å²) in [7, 11) is 5.86. The van der Waals surface area contributed by atoms with Gasteiger partial charge in [0.2, 0.25) is 0 Å². The van der Waals surface area contributed by atoms with Crippen molar-refractivity contribution in [1.29, 1.82) is 0 Å². The molecule has 25 heavy (non-hydrogen) atoms. The Morgan fingerprint density at radius 2 is 2.12 bits per heavy atom. The number of likely N-dealkylation sites (N-methyl/N-ethyl adjacent to an activating group) is 1. The maximum absolute atomic E-state index is 10.1. The highest BCUT2D eigenvalue weighted by molar-refractivity contribution is 5.52. The van der Waals surface area contributed by atoms with Crippen molar-refractivity contribution in [2.24, 2.45) is 0 Å². The van der Waals surface area contributed by atoms with Crippen LogP contribution in [0.1, 0.15) is 12.8 Å². The molecule has 0 aliphatic carbocycles. The van der Waals surface area contributed by atoms with Crippen molar-refractivity contribution in [3.63, 3.8) is 0 Å². The molecule has 1 N–H and O–H groups in total. The van der Waals surface area contributed by atoms with Gasteiger partial charge in [0.15, 0.2) is 0 Å². The molecule has 0 bridgehead atoms. The van der Waals surface area contributed by atoms with Gasteiger partial charge in [0.1, 0.15) is 18.0 Å². The number of anilines is 2. The second-order valence-corrected chi connectivity index (χ2v) is 7.18. The molecule has 138 valence electrons. The van der Waals surface area contributed by atoms with Crippen LogP contribution in [0.25, 0.3) is 0 Å². The maximum atomic E-state index is 10.1. The molecule has 2 aliphatic rings. The molecule has 2 aliphatic heterocycles. The summed E-state index contributed by atoms with van der Waals surface area (Å²) in [5, 5.41) is 10.1. The Kier molecular flexibility index (Phi) is 5.88. The van der Waals surface area contributed by atoms with E-state index >= 15 is 0 Å². The Morgan fingerprint density at radius 1 is 1.32 bits per heavy atom. The Balaban J connectivity index is 1.73. The number of methoxy groups -OCH3 is 1. The second kappa shape index (κ2) is 8.12. The Bertz CT molecular complexity index is 607. The van der Waals surface area contributed by atoms with E-state index in [2.05, 4.69) is 50.9 Å². The summed E-state index contributed by atoms with van der Waals surface area (Å²) < 4.78 is 5.22. The molecular weight excluding hydrogens is 318 g/mol. The van der Waals surface area contributed by atoms with E-state index in [-0.39, 0.29) is 12.1 Å².